The molecule has 2 aliphatic carbocycles. The van der Waals surface area contributed by atoms with Gasteiger partial charge in [0, 0.05) is 16.2 Å². The molecule has 0 N–H and O–H groups in total. The Hall–Kier alpha value is -15.0. The summed E-state index contributed by atoms with van der Waals surface area (Å²) in [5, 5.41) is 14.7. The summed E-state index contributed by atoms with van der Waals surface area (Å²) in [5.74, 6) is 0. The normalized spacial score (nSPS) is 13.3. The van der Waals surface area contributed by atoms with Crippen LogP contribution in [0, 0.1) is 0 Å². The lowest BCUT2D eigenvalue weighted by atomic mass is 9.70. The first-order valence-electron chi connectivity index (χ1n) is 41.8. The second kappa shape index (κ2) is 25.7. The number of benzene rings is 21. The third kappa shape index (κ3) is 9.47. The third-order valence-electron chi connectivity index (χ3n) is 27.1. The molecule has 25 rings (SSSR count). The second-order valence-corrected chi connectivity index (χ2v) is 33.4. The molecule has 2 heterocycles. The Bertz CT molecular complexity index is 7940. The highest BCUT2D eigenvalue weighted by Gasteiger charge is 2.52. The van der Waals surface area contributed by atoms with Gasteiger partial charge in [0.25, 0.3) is 0 Å². The van der Waals surface area contributed by atoms with Crippen molar-refractivity contribution in [2.45, 2.75) is 24.7 Å². The van der Waals surface area contributed by atoms with Gasteiger partial charge in [-0.15, -0.1) is 0 Å². The van der Waals surface area contributed by atoms with Crippen molar-refractivity contribution in [2.75, 3.05) is 0 Å². The van der Waals surface area contributed by atoms with Gasteiger partial charge in [-0.3, -0.25) is 0 Å². The molecule has 0 atom stereocenters. The van der Waals surface area contributed by atoms with Crippen LogP contribution in [0.5, 0.6) is 0 Å². The Morgan fingerprint density at radius 3 is 0.899 bits per heavy atom. The smallest absolute Gasteiger partial charge is 0.0725 e. The van der Waals surface area contributed by atoms with Gasteiger partial charge in [0.05, 0.1) is 22.1 Å². The van der Waals surface area contributed by atoms with Gasteiger partial charge in [-0.1, -0.05) is 396 Å². The number of hydrogen-bond acceptors (Lipinski definition) is 0. The van der Waals surface area contributed by atoms with Crippen LogP contribution in [0.15, 0.2) is 419 Å². The van der Waals surface area contributed by atoms with Gasteiger partial charge in [0.2, 0.25) is 0 Å². The fraction of sp³-hybridized carbons (Fsp3) is 0.0339. The van der Waals surface area contributed by atoms with Crippen LogP contribution in [-0.4, -0.2) is 4.57 Å². The molecule has 22 aromatic rings. The zero-order chi connectivity index (χ0) is 78.3. The maximum atomic E-state index is 2.55. The van der Waals surface area contributed by atoms with Gasteiger partial charge >= 0.3 is 0 Å². The molecule has 3 aliphatic rings. The molecule has 1 spiro atoms. The molecule has 1 nitrogen and oxygen atoms in total. The Labute approximate surface area is 691 Å². The average Bonchev–Trinajstić information content (AvgIpc) is 1.66. The molecule has 1 aromatic heterocycles. The lowest BCUT2D eigenvalue weighted by molar-refractivity contribution is 0.630. The monoisotopic (exact) mass is 1510 g/mol. The number of hydrogen-bond donors (Lipinski definition) is 0. The van der Waals surface area contributed by atoms with Crippen molar-refractivity contribution in [2.24, 2.45) is 0 Å². The van der Waals surface area contributed by atoms with E-state index in [4.69, 9.17) is 0 Å². The van der Waals surface area contributed by atoms with Gasteiger partial charge in [-0.05, 0) is 257 Å². The summed E-state index contributed by atoms with van der Waals surface area (Å²) in [7, 11) is 0. The molecule has 0 bridgehead atoms. The Morgan fingerprint density at radius 1 is 0.176 bits per heavy atom. The van der Waals surface area contributed by atoms with Crippen LogP contribution in [0.25, 0.3) is 215 Å². The first-order chi connectivity index (χ1) is 58.9. The Kier molecular flexibility index (Phi) is 14.6. The quantitative estimate of drug-likeness (QED) is 0.0950. The van der Waals surface area contributed by atoms with Crippen LogP contribution in [-0.2, 0) is 10.8 Å². The number of rotatable bonds is 10. The fourth-order valence-electron chi connectivity index (χ4n) is 22.3. The van der Waals surface area contributed by atoms with Gasteiger partial charge in [-0.2, -0.15) is 0 Å². The fourth-order valence-corrected chi connectivity index (χ4v) is 22.3. The minimum atomic E-state index is -0.511. The number of aromatic nitrogens is 1. The predicted molar refractivity (Wildman–Crippen MR) is 502 cm³/mol. The zero-order valence-corrected chi connectivity index (χ0v) is 65.8. The molecule has 1 heteroatoms. The molecule has 0 saturated heterocycles. The van der Waals surface area contributed by atoms with E-state index < -0.39 is 5.41 Å². The van der Waals surface area contributed by atoms with E-state index in [0.717, 1.165) is 55.6 Å². The van der Waals surface area contributed by atoms with Gasteiger partial charge in [0.1, 0.15) is 0 Å². The standard InChI is InChI=1S/C118H75N/c1-117(2)97-61-27-28-63-101(97)119-100-67-65-80(70-93(100)88-53-33-62-98(117)116(88)119)78-46-29-48-82(68-78)108-104(74-38-13-5-14-39-74)105(75-40-15-6-16-41-75)109(83-49-30-47-79(69-83)81-64-66-87-86-52-23-26-60-96(86)118(99(87)71-81)94-58-24-21-50-84(94)85-51-22-25-59-95(85)118)115-92-57-32-55-90-111(92)110-89(54-31-56-91(110)114(108)115)112-106(76-42-17-7-18-43-76)102(72-34-9-3-10-35-72)103(73-36-11-4-12-37-73)107(113(90)112)77-44-19-8-20-45-77/h3-71H,1-2H3. The summed E-state index contributed by atoms with van der Waals surface area (Å²) in [4.78, 5) is 0. The van der Waals surface area contributed by atoms with Crippen molar-refractivity contribution in [3.05, 3.63) is 452 Å². The molecule has 0 saturated carbocycles. The van der Waals surface area contributed by atoms with E-state index in [-0.39, 0.29) is 5.41 Å². The van der Waals surface area contributed by atoms with Crippen molar-refractivity contribution >= 4 is 75.7 Å². The summed E-state index contributed by atoms with van der Waals surface area (Å²) in [5.41, 5.74) is 39.7. The van der Waals surface area contributed by atoms with Crippen LogP contribution in [0.4, 0.5) is 0 Å². The first-order valence-corrected chi connectivity index (χ1v) is 41.8. The molecule has 1 aliphatic heterocycles. The van der Waals surface area contributed by atoms with Crippen molar-refractivity contribution in [1.29, 1.82) is 0 Å². The van der Waals surface area contributed by atoms with E-state index in [1.165, 1.54) is 193 Å². The molecule has 119 heavy (non-hydrogen) atoms. The molecular formula is C118H75N. The Morgan fingerprint density at radius 2 is 0.471 bits per heavy atom. The van der Waals surface area contributed by atoms with E-state index >= 15 is 0 Å². The van der Waals surface area contributed by atoms with Crippen molar-refractivity contribution < 1.29 is 0 Å². The largest absolute Gasteiger partial charge is 0.309 e. The van der Waals surface area contributed by atoms with Crippen LogP contribution < -0.4 is 0 Å². The highest BCUT2D eigenvalue weighted by atomic mass is 15.0. The first kappa shape index (κ1) is 67.3. The summed E-state index contributed by atoms with van der Waals surface area (Å²) >= 11 is 0. The summed E-state index contributed by atoms with van der Waals surface area (Å²) in [6, 6.07) is 160. The van der Waals surface area contributed by atoms with E-state index in [0.29, 0.717) is 0 Å². The van der Waals surface area contributed by atoms with Crippen molar-refractivity contribution in [3.63, 3.8) is 0 Å². The molecular weight excluding hydrogens is 1430 g/mol. The summed E-state index contributed by atoms with van der Waals surface area (Å²) in [6.45, 7) is 4.78. The van der Waals surface area contributed by atoms with Gasteiger partial charge in [0.15, 0.2) is 0 Å². The lowest BCUT2D eigenvalue weighted by Gasteiger charge is -2.34. The number of fused-ring (bicyclic) bond motifs is 21. The number of para-hydroxylation sites is 2. The minimum Gasteiger partial charge on any atom is -0.309 e. The van der Waals surface area contributed by atoms with Gasteiger partial charge in [-0.25, -0.2) is 0 Å². The molecule has 0 unspecified atom stereocenters. The molecule has 21 aromatic carbocycles. The maximum Gasteiger partial charge on any atom is 0.0725 e. The SMILES string of the molecule is CC1(C)c2ccccc2-n2c3ccc(-c4cccc(-c5c(-c6ccccc6)c(-c6ccccc6)c(-c6cccc(-c7ccc8c(c7)C7(c9ccccc9-c9ccccc97)c7ccccc7-8)c6)c6c7cccc8c9c(-c%10ccccc%10)c(-c%10ccccc%10)c(-c%10ccccc%10)c(-c%10ccccc%10)c9c9cccc(c56)c9c87)c4)cc3c3cccc1c32. The highest BCUT2D eigenvalue weighted by Crippen LogP contribution is 2.65. The van der Waals surface area contributed by atoms with Gasteiger partial charge < -0.3 is 4.57 Å². The van der Waals surface area contributed by atoms with Crippen LogP contribution in [0.1, 0.15) is 47.2 Å². The van der Waals surface area contributed by atoms with Crippen LogP contribution in [0.3, 0.4) is 0 Å². The van der Waals surface area contributed by atoms with Crippen LogP contribution in [0.2, 0.25) is 0 Å². The van der Waals surface area contributed by atoms with Crippen molar-refractivity contribution in [1.82, 2.24) is 4.57 Å². The lowest BCUT2D eigenvalue weighted by Crippen LogP contribution is -2.26. The molecule has 552 valence electrons. The molecule has 0 fully saturated rings. The topological polar surface area (TPSA) is 4.93 Å². The third-order valence-corrected chi connectivity index (χ3v) is 27.1. The highest BCUT2D eigenvalue weighted by molar-refractivity contribution is 6.47. The predicted octanol–water partition coefficient (Wildman–Crippen LogP) is 31.6. The van der Waals surface area contributed by atoms with E-state index in [1.54, 1.807) is 0 Å². The van der Waals surface area contributed by atoms with E-state index in [2.05, 4.69) is 437 Å². The summed E-state index contributed by atoms with van der Waals surface area (Å²) < 4.78 is 2.54. The average molecular weight is 1510 g/mol. The van der Waals surface area contributed by atoms with Crippen molar-refractivity contribution in [3.8, 4) is 139 Å². The van der Waals surface area contributed by atoms with E-state index in [1.807, 2.05) is 0 Å². The van der Waals surface area contributed by atoms with E-state index in [9.17, 15) is 0 Å². The summed E-state index contributed by atoms with van der Waals surface area (Å²) in [6.07, 6.45) is 0. The zero-order valence-electron chi connectivity index (χ0n) is 65.8. The van der Waals surface area contributed by atoms with Crippen LogP contribution >= 0.6 is 0 Å². The second-order valence-electron chi connectivity index (χ2n) is 33.4. The maximum absolute atomic E-state index is 2.55. The molecule has 0 radical (unpaired) electrons. The molecule has 0 amide bonds. The Balaban J connectivity index is 0.845. The minimum absolute atomic E-state index is 0.184. The number of nitrogens with zero attached hydrogens (tertiary/aromatic N) is 1.